The molecular formula is C20H15BrN2O2Sn. The Balaban J connectivity index is 0.000000187. The molecule has 0 radical (unpaired) electrons. The molecule has 0 heterocycles. The molecule has 0 fully saturated rings. The third kappa shape index (κ3) is 7.41. The van der Waals surface area contributed by atoms with E-state index in [2.05, 4.69) is 86.8 Å². The number of hydrogen-bond acceptors (Lipinski definition) is 4. The van der Waals surface area contributed by atoms with Crippen molar-refractivity contribution in [3.63, 3.8) is 0 Å². The molecule has 0 aliphatic rings. The second-order valence-corrected chi connectivity index (χ2v) is 9.93. The minimum absolute atomic E-state index is 0.159. The van der Waals surface area contributed by atoms with Crippen LogP contribution in [0.3, 0.4) is 0 Å². The molecule has 26 heavy (non-hydrogen) atoms. The molecular weight excluding hydrogens is 499 g/mol. The van der Waals surface area contributed by atoms with Crippen LogP contribution >= 0.6 is 15.9 Å². The van der Waals surface area contributed by atoms with Crippen molar-refractivity contribution in [2.45, 2.75) is 0 Å². The van der Waals surface area contributed by atoms with Crippen LogP contribution in [0.25, 0.3) is 0 Å². The van der Waals surface area contributed by atoms with Gasteiger partial charge in [0.1, 0.15) is 0 Å². The van der Waals surface area contributed by atoms with Gasteiger partial charge in [-0.3, -0.25) is 0 Å². The third-order valence-corrected chi connectivity index (χ3v) is 7.16. The molecule has 0 aromatic heterocycles. The molecule has 4 nitrogen and oxygen atoms in total. The van der Waals surface area contributed by atoms with Crippen molar-refractivity contribution in [2.75, 3.05) is 0 Å². The predicted octanol–water partition coefficient (Wildman–Crippen LogP) is 1.59. The summed E-state index contributed by atoms with van der Waals surface area (Å²) in [6.07, 6.45) is 1.54. The monoisotopic (exact) mass is 514 g/mol. The van der Waals surface area contributed by atoms with E-state index in [-0.39, 0.29) is 5.75 Å². The average Bonchev–Trinajstić information content (AvgIpc) is 2.67. The van der Waals surface area contributed by atoms with Gasteiger partial charge in [-0.2, -0.15) is 10.2 Å². The van der Waals surface area contributed by atoms with E-state index in [0.717, 1.165) is 4.47 Å². The van der Waals surface area contributed by atoms with Crippen molar-refractivity contribution in [3.05, 3.63) is 88.9 Å². The fraction of sp³-hybridized carbons (Fsp3) is 0. The van der Waals surface area contributed by atoms with E-state index < -0.39 is 21.1 Å². The second kappa shape index (κ2) is 11.5. The van der Waals surface area contributed by atoms with Crippen LogP contribution in [-0.2, 0) is 0 Å². The van der Waals surface area contributed by atoms with Crippen LogP contribution < -0.4 is 17.4 Å². The summed E-state index contributed by atoms with van der Waals surface area (Å²) >= 11 is 2.69. The molecule has 0 atom stereocenters. The van der Waals surface area contributed by atoms with Gasteiger partial charge >= 0.3 is 89.0 Å². The van der Waals surface area contributed by atoms with E-state index >= 15 is 0 Å². The van der Waals surface area contributed by atoms with Gasteiger partial charge in [-0.1, -0.05) is 27.7 Å². The number of hydrogen-bond donors (Lipinski definition) is 0. The van der Waals surface area contributed by atoms with Gasteiger partial charge in [-0.25, -0.2) is 0 Å². The van der Waals surface area contributed by atoms with E-state index in [9.17, 15) is 10.2 Å². The van der Waals surface area contributed by atoms with Crippen LogP contribution in [-0.4, -0.2) is 33.8 Å². The summed E-state index contributed by atoms with van der Waals surface area (Å²) in [7, 11) is 0. The van der Waals surface area contributed by atoms with Crippen LogP contribution in [0, 0.1) is 0 Å². The predicted molar refractivity (Wildman–Crippen MR) is 108 cm³/mol. The molecule has 0 bridgehead atoms. The topological polar surface area (TPSA) is 70.8 Å². The molecule has 0 saturated heterocycles. The summed E-state index contributed by atoms with van der Waals surface area (Å²) in [5.74, 6) is -0.159. The number of rotatable bonds is 4. The molecule has 3 aromatic carbocycles. The van der Waals surface area contributed by atoms with Crippen LogP contribution in [0.5, 0.6) is 5.75 Å². The molecule has 6 heteroatoms. The molecule has 0 aliphatic carbocycles. The van der Waals surface area contributed by atoms with E-state index in [4.69, 9.17) is 0 Å². The average molecular weight is 514 g/mol. The molecule has 0 aliphatic heterocycles. The molecule has 0 spiro atoms. The molecule has 0 amide bonds. The second-order valence-electron chi connectivity index (χ2n) is 5.00. The summed E-state index contributed by atoms with van der Waals surface area (Å²) < 4.78 is 3.86. The van der Waals surface area contributed by atoms with Gasteiger partial charge in [-0.05, 0) is 24.1 Å². The third-order valence-electron chi connectivity index (χ3n) is 3.12. The molecule has 0 unspecified atom stereocenters. The first kappa shape index (κ1) is 20.2. The fourth-order valence-corrected chi connectivity index (χ4v) is 5.33. The summed E-state index contributed by atoms with van der Waals surface area (Å²) in [6.45, 7) is 0. The van der Waals surface area contributed by atoms with Crippen LogP contribution in [0.1, 0.15) is 5.56 Å². The van der Waals surface area contributed by atoms with Crippen LogP contribution in [0.15, 0.2) is 93.5 Å². The zero-order chi connectivity index (χ0) is 18.6. The Labute approximate surface area is 171 Å². The van der Waals surface area contributed by atoms with Crippen LogP contribution in [0.4, 0.5) is 0 Å². The zero-order valence-electron chi connectivity index (χ0n) is 13.7. The van der Waals surface area contributed by atoms with Gasteiger partial charge in [0.2, 0.25) is 0 Å². The molecule has 0 N–H and O–H groups in total. The summed E-state index contributed by atoms with van der Waals surface area (Å²) in [5.41, 5.74) is 0.389. The Morgan fingerprint density at radius 2 is 1.38 bits per heavy atom. The standard InChI is InChI=1S/C8H7BrN2O2.2C6H5.Sn/c9-7-1-2-8(13)6(3-7)4-10-11-5-12;2*1-2-4-6-5-3-1;/h1-5,13H,(H,11,12);2*1-5H;/q;;;+2/p-2/b10-4+;;;. The zero-order valence-corrected chi connectivity index (χ0v) is 18.2. The quantitative estimate of drug-likeness (QED) is 0.230. The minimum atomic E-state index is -0.517. The number of nitrogens with zero attached hydrogens (tertiary/aromatic N) is 2. The molecule has 3 aromatic rings. The first-order valence-electron chi connectivity index (χ1n) is 7.69. The summed E-state index contributed by atoms with van der Waals surface area (Å²) in [6, 6.07) is 26.2. The fourth-order valence-electron chi connectivity index (χ4n) is 1.95. The van der Waals surface area contributed by atoms with Crippen molar-refractivity contribution in [2.24, 2.45) is 10.2 Å². The maximum absolute atomic E-state index is 11.1. The Morgan fingerprint density at radius 3 is 1.92 bits per heavy atom. The summed E-state index contributed by atoms with van der Waals surface area (Å²) in [4.78, 5) is 0. The van der Waals surface area contributed by atoms with E-state index in [0.29, 0.717) is 12.0 Å². The Hall–Kier alpha value is -2.12. The SMILES string of the molecule is [O-]/C=N\N=C\c1cc(Br)ccc1[O-].c1cc[c]([Sn+2][c]2ccccc2)cc1. The Morgan fingerprint density at radius 1 is 0.808 bits per heavy atom. The van der Waals surface area contributed by atoms with Crippen molar-refractivity contribution in [1.29, 1.82) is 0 Å². The Kier molecular flexibility index (Phi) is 8.92. The van der Waals surface area contributed by atoms with Gasteiger partial charge in [-0.15, -0.1) is 0 Å². The van der Waals surface area contributed by atoms with Crippen molar-refractivity contribution in [3.8, 4) is 5.75 Å². The number of halogens is 1. The summed E-state index contributed by atoms with van der Waals surface area (Å²) in [5, 5.41) is 27.3. The van der Waals surface area contributed by atoms with Crippen LogP contribution in [0.2, 0.25) is 0 Å². The van der Waals surface area contributed by atoms with Crippen molar-refractivity contribution in [1.82, 2.24) is 0 Å². The van der Waals surface area contributed by atoms with Gasteiger partial charge in [0.15, 0.2) is 0 Å². The molecule has 0 saturated carbocycles. The first-order chi connectivity index (χ1) is 12.7. The van der Waals surface area contributed by atoms with E-state index in [1.165, 1.54) is 19.4 Å². The molecule has 3 rings (SSSR count). The van der Waals surface area contributed by atoms with Crippen molar-refractivity contribution < 1.29 is 10.2 Å². The molecule has 128 valence electrons. The van der Waals surface area contributed by atoms with E-state index in [1.54, 1.807) is 12.1 Å². The normalized spacial score (nSPS) is 10.3. The van der Waals surface area contributed by atoms with Gasteiger partial charge in [0.25, 0.3) is 0 Å². The van der Waals surface area contributed by atoms with E-state index in [1.807, 2.05) is 0 Å². The Bertz CT molecular complexity index is 819. The number of benzene rings is 3. The first-order valence-corrected chi connectivity index (χ1v) is 11.3. The van der Waals surface area contributed by atoms with Gasteiger partial charge < -0.3 is 10.2 Å². The van der Waals surface area contributed by atoms with Crippen molar-refractivity contribution >= 4 is 56.8 Å². The van der Waals surface area contributed by atoms with Gasteiger partial charge in [0.05, 0.1) is 6.21 Å². The van der Waals surface area contributed by atoms with Gasteiger partial charge in [0, 0.05) is 4.47 Å². The maximum atomic E-state index is 11.1.